The second-order valence-corrected chi connectivity index (χ2v) is 5.05. The van der Waals surface area contributed by atoms with Crippen molar-refractivity contribution in [2.45, 2.75) is 32.4 Å². The third kappa shape index (κ3) is 2.72. The quantitative estimate of drug-likeness (QED) is 0.869. The van der Waals surface area contributed by atoms with Crippen molar-refractivity contribution in [2.24, 2.45) is 0 Å². The number of nitrogens with zero attached hydrogens (tertiary/aromatic N) is 1. The number of rotatable bonds is 3. The molecule has 1 aromatic rings. The second-order valence-electron chi connectivity index (χ2n) is 5.05. The summed E-state index contributed by atoms with van der Waals surface area (Å²) in [5.41, 5.74) is 2.37. The predicted molar refractivity (Wildman–Crippen MR) is 71.9 cm³/mol. The molecule has 94 valence electrons. The minimum atomic E-state index is 0.558. The van der Waals surface area contributed by atoms with E-state index in [9.17, 15) is 0 Å². The van der Waals surface area contributed by atoms with Crippen molar-refractivity contribution < 1.29 is 4.74 Å². The third-order valence-corrected chi connectivity index (χ3v) is 3.65. The van der Waals surface area contributed by atoms with E-state index in [1.807, 2.05) is 6.07 Å². The molecule has 0 spiro atoms. The maximum atomic E-state index is 5.27. The molecule has 1 aliphatic heterocycles. The SMILES string of the molecule is COc1ccc(NC2CC(C)N(C)C2)cc1C. The number of nitrogens with one attached hydrogen (secondary N) is 1. The topological polar surface area (TPSA) is 24.5 Å². The van der Waals surface area contributed by atoms with Gasteiger partial charge in [0, 0.05) is 24.3 Å². The van der Waals surface area contributed by atoms with E-state index >= 15 is 0 Å². The van der Waals surface area contributed by atoms with Crippen LogP contribution in [0.3, 0.4) is 0 Å². The summed E-state index contributed by atoms with van der Waals surface area (Å²) >= 11 is 0. The van der Waals surface area contributed by atoms with Crippen LogP contribution in [-0.2, 0) is 0 Å². The number of likely N-dealkylation sites (tertiary alicyclic amines) is 1. The number of anilines is 1. The Hall–Kier alpha value is -1.22. The van der Waals surface area contributed by atoms with Gasteiger partial charge in [-0.2, -0.15) is 0 Å². The molecule has 0 amide bonds. The van der Waals surface area contributed by atoms with Crippen molar-refractivity contribution in [1.82, 2.24) is 4.90 Å². The molecule has 3 heteroatoms. The third-order valence-electron chi connectivity index (χ3n) is 3.65. The molecule has 0 aromatic heterocycles. The average molecular weight is 234 g/mol. The van der Waals surface area contributed by atoms with Gasteiger partial charge in [-0.3, -0.25) is 0 Å². The highest BCUT2D eigenvalue weighted by Crippen LogP contribution is 2.24. The van der Waals surface area contributed by atoms with Crippen LogP contribution in [0.2, 0.25) is 0 Å². The Morgan fingerprint density at radius 2 is 2.18 bits per heavy atom. The first-order chi connectivity index (χ1) is 8.10. The fourth-order valence-electron chi connectivity index (χ4n) is 2.50. The van der Waals surface area contributed by atoms with Crippen molar-refractivity contribution >= 4 is 5.69 Å². The van der Waals surface area contributed by atoms with Gasteiger partial charge in [0.25, 0.3) is 0 Å². The van der Waals surface area contributed by atoms with Crippen LogP contribution in [0.4, 0.5) is 5.69 Å². The van der Waals surface area contributed by atoms with Crippen LogP contribution in [0.25, 0.3) is 0 Å². The van der Waals surface area contributed by atoms with E-state index in [0.717, 1.165) is 12.3 Å². The number of ether oxygens (including phenoxy) is 1. The molecule has 1 fully saturated rings. The molecule has 0 saturated carbocycles. The van der Waals surface area contributed by atoms with Gasteiger partial charge in [-0.1, -0.05) is 0 Å². The number of hydrogen-bond donors (Lipinski definition) is 1. The van der Waals surface area contributed by atoms with Crippen molar-refractivity contribution in [3.8, 4) is 5.75 Å². The zero-order valence-corrected chi connectivity index (χ0v) is 11.2. The van der Waals surface area contributed by atoms with Crippen LogP contribution in [0.1, 0.15) is 18.9 Å². The van der Waals surface area contributed by atoms with E-state index in [1.165, 1.54) is 17.7 Å². The molecule has 1 N–H and O–H groups in total. The van der Waals surface area contributed by atoms with Crippen molar-refractivity contribution in [3.63, 3.8) is 0 Å². The standard InChI is InChI=1S/C14H22N2O/c1-10-7-12(5-6-14(10)17-4)15-13-8-11(2)16(3)9-13/h5-7,11,13,15H,8-9H2,1-4H3. The molecular formula is C14H22N2O. The van der Waals surface area contributed by atoms with E-state index in [4.69, 9.17) is 4.74 Å². The predicted octanol–water partition coefficient (Wildman–Crippen LogP) is 2.51. The molecule has 2 unspecified atom stereocenters. The van der Waals surface area contributed by atoms with Crippen LogP contribution in [-0.4, -0.2) is 37.7 Å². The summed E-state index contributed by atoms with van der Waals surface area (Å²) in [6, 6.07) is 7.51. The summed E-state index contributed by atoms with van der Waals surface area (Å²) in [7, 11) is 3.90. The van der Waals surface area contributed by atoms with Crippen LogP contribution in [0.5, 0.6) is 5.75 Å². The lowest BCUT2D eigenvalue weighted by molar-refractivity contribution is 0.330. The molecule has 1 heterocycles. The summed E-state index contributed by atoms with van der Waals surface area (Å²) in [6.45, 7) is 5.47. The first-order valence-corrected chi connectivity index (χ1v) is 6.21. The smallest absolute Gasteiger partial charge is 0.121 e. The Morgan fingerprint density at radius 1 is 1.41 bits per heavy atom. The van der Waals surface area contributed by atoms with Crippen molar-refractivity contribution in [3.05, 3.63) is 23.8 Å². The number of methoxy groups -OCH3 is 1. The molecule has 1 aliphatic rings. The van der Waals surface area contributed by atoms with E-state index in [2.05, 4.69) is 43.2 Å². The zero-order chi connectivity index (χ0) is 12.4. The average Bonchev–Trinajstić information content (AvgIpc) is 2.58. The molecule has 0 radical (unpaired) electrons. The van der Waals surface area contributed by atoms with Gasteiger partial charge >= 0.3 is 0 Å². The molecular weight excluding hydrogens is 212 g/mol. The summed E-state index contributed by atoms with van der Waals surface area (Å²) in [6.07, 6.45) is 1.21. The second kappa shape index (κ2) is 4.96. The van der Waals surface area contributed by atoms with E-state index in [-0.39, 0.29) is 0 Å². The molecule has 2 atom stereocenters. The normalized spacial score (nSPS) is 24.9. The number of benzene rings is 1. The Kier molecular flexibility index (Phi) is 3.57. The highest BCUT2D eigenvalue weighted by molar-refractivity contribution is 5.51. The Labute approximate surface area is 104 Å². The fraction of sp³-hybridized carbons (Fsp3) is 0.571. The van der Waals surface area contributed by atoms with Gasteiger partial charge in [0.2, 0.25) is 0 Å². The van der Waals surface area contributed by atoms with Crippen molar-refractivity contribution in [1.29, 1.82) is 0 Å². The highest BCUT2D eigenvalue weighted by Gasteiger charge is 2.25. The first kappa shape index (κ1) is 12.2. The minimum absolute atomic E-state index is 0.558. The van der Waals surface area contributed by atoms with Gasteiger partial charge in [0.05, 0.1) is 7.11 Å². The lowest BCUT2D eigenvalue weighted by Crippen LogP contribution is -2.24. The molecule has 3 nitrogen and oxygen atoms in total. The van der Waals surface area contributed by atoms with E-state index in [1.54, 1.807) is 7.11 Å². The van der Waals surface area contributed by atoms with Gasteiger partial charge in [0.1, 0.15) is 5.75 Å². The number of likely N-dealkylation sites (N-methyl/N-ethyl adjacent to an activating group) is 1. The molecule has 1 aromatic carbocycles. The summed E-state index contributed by atoms with van der Waals surface area (Å²) in [5.74, 6) is 0.951. The maximum absolute atomic E-state index is 5.27. The van der Waals surface area contributed by atoms with Gasteiger partial charge in [-0.25, -0.2) is 0 Å². The lowest BCUT2D eigenvalue weighted by Gasteiger charge is -2.15. The van der Waals surface area contributed by atoms with Gasteiger partial charge < -0.3 is 15.0 Å². The van der Waals surface area contributed by atoms with Crippen LogP contribution in [0.15, 0.2) is 18.2 Å². The Balaban J connectivity index is 2.02. The summed E-state index contributed by atoms with van der Waals surface area (Å²) in [5, 5.41) is 3.60. The monoisotopic (exact) mass is 234 g/mol. The molecule has 17 heavy (non-hydrogen) atoms. The Bertz CT molecular complexity index is 382. The zero-order valence-electron chi connectivity index (χ0n) is 11.2. The maximum Gasteiger partial charge on any atom is 0.121 e. The highest BCUT2D eigenvalue weighted by atomic mass is 16.5. The molecule has 1 saturated heterocycles. The summed E-state index contributed by atoms with van der Waals surface area (Å²) in [4.78, 5) is 2.40. The molecule has 0 bridgehead atoms. The largest absolute Gasteiger partial charge is 0.496 e. The lowest BCUT2D eigenvalue weighted by atomic mass is 10.1. The molecule has 0 aliphatic carbocycles. The van der Waals surface area contributed by atoms with Crippen LogP contribution in [0, 0.1) is 6.92 Å². The number of hydrogen-bond acceptors (Lipinski definition) is 3. The van der Waals surface area contributed by atoms with Crippen molar-refractivity contribution in [2.75, 3.05) is 26.0 Å². The minimum Gasteiger partial charge on any atom is -0.496 e. The number of aryl methyl sites for hydroxylation is 1. The van der Waals surface area contributed by atoms with Gasteiger partial charge in [-0.15, -0.1) is 0 Å². The van der Waals surface area contributed by atoms with Crippen LogP contribution < -0.4 is 10.1 Å². The van der Waals surface area contributed by atoms with E-state index < -0.39 is 0 Å². The van der Waals surface area contributed by atoms with Crippen LogP contribution >= 0.6 is 0 Å². The van der Waals surface area contributed by atoms with E-state index in [0.29, 0.717) is 12.1 Å². The first-order valence-electron chi connectivity index (χ1n) is 6.21. The summed E-state index contributed by atoms with van der Waals surface area (Å²) < 4.78 is 5.27. The van der Waals surface area contributed by atoms with Gasteiger partial charge in [-0.05, 0) is 51.1 Å². The fourth-order valence-corrected chi connectivity index (χ4v) is 2.50. The van der Waals surface area contributed by atoms with Gasteiger partial charge in [0.15, 0.2) is 0 Å². The molecule has 2 rings (SSSR count). The Morgan fingerprint density at radius 3 is 2.71 bits per heavy atom.